The van der Waals surface area contributed by atoms with Crippen LogP contribution in [0.3, 0.4) is 0 Å². The fraction of sp³-hybridized carbons (Fsp3) is 0.364. The third kappa shape index (κ3) is 2.85. The van der Waals surface area contributed by atoms with Crippen LogP contribution in [-0.4, -0.2) is 18.5 Å². The van der Waals surface area contributed by atoms with Gasteiger partial charge in [-0.3, -0.25) is 4.79 Å². The summed E-state index contributed by atoms with van der Waals surface area (Å²) in [6.45, 7) is 3.88. The van der Waals surface area contributed by atoms with E-state index in [4.69, 9.17) is 11.5 Å². The van der Waals surface area contributed by atoms with Crippen molar-refractivity contribution in [1.29, 1.82) is 0 Å². The Bertz CT molecular complexity index is 393. The first-order chi connectivity index (χ1) is 7.41. The number of halogens is 1. The zero-order chi connectivity index (χ0) is 12.3. The molecular formula is C11H16FN3O. The Morgan fingerprint density at radius 3 is 2.56 bits per heavy atom. The molecule has 4 nitrogen and oxygen atoms in total. The highest BCUT2D eigenvalue weighted by Gasteiger charge is 2.15. The summed E-state index contributed by atoms with van der Waals surface area (Å²) in [7, 11) is 0. The van der Waals surface area contributed by atoms with Crippen molar-refractivity contribution >= 4 is 17.3 Å². The second-order valence-corrected chi connectivity index (χ2v) is 3.89. The lowest BCUT2D eigenvalue weighted by atomic mass is 10.2. The third-order valence-corrected chi connectivity index (χ3v) is 2.25. The van der Waals surface area contributed by atoms with Gasteiger partial charge in [0.2, 0.25) is 5.91 Å². The number of nitrogen functional groups attached to an aromatic ring is 1. The topological polar surface area (TPSA) is 72.3 Å². The third-order valence-electron chi connectivity index (χ3n) is 2.25. The lowest BCUT2D eigenvalue weighted by molar-refractivity contribution is -0.116. The number of nitrogens with two attached hydrogens (primary N) is 2. The summed E-state index contributed by atoms with van der Waals surface area (Å²) in [4.78, 5) is 12.7. The summed E-state index contributed by atoms with van der Waals surface area (Å²) in [5, 5.41) is 0. The van der Waals surface area contributed by atoms with Crippen molar-refractivity contribution < 1.29 is 9.18 Å². The summed E-state index contributed by atoms with van der Waals surface area (Å²) < 4.78 is 12.9. The highest BCUT2D eigenvalue weighted by atomic mass is 19.1. The van der Waals surface area contributed by atoms with Crippen LogP contribution in [0.5, 0.6) is 0 Å². The molecule has 0 fully saturated rings. The van der Waals surface area contributed by atoms with E-state index >= 15 is 0 Å². The minimum atomic E-state index is -0.447. The van der Waals surface area contributed by atoms with Gasteiger partial charge >= 0.3 is 0 Å². The SMILES string of the molecule is CC(C)N(CC(N)=O)c1ccc(F)cc1N. The van der Waals surface area contributed by atoms with E-state index in [1.54, 1.807) is 11.0 Å². The van der Waals surface area contributed by atoms with E-state index in [-0.39, 0.29) is 12.6 Å². The molecule has 0 heterocycles. The maximum atomic E-state index is 12.9. The van der Waals surface area contributed by atoms with E-state index in [1.807, 2.05) is 13.8 Å². The number of hydrogen-bond donors (Lipinski definition) is 2. The number of anilines is 2. The summed E-state index contributed by atoms with van der Waals surface area (Å²) in [5.74, 6) is -0.846. The van der Waals surface area contributed by atoms with Gasteiger partial charge in [-0.05, 0) is 32.0 Å². The first-order valence-electron chi connectivity index (χ1n) is 5.01. The maximum Gasteiger partial charge on any atom is 0.236 e. The highest BCUT2D eigenvalue weighted by molar-refractivity contribution is 5.81. The van der Waals surface area contributed by atoms with E-state index < -0.39 is 11.7 Å². The van der Waals surface area contributed by atoms with Crippen LogP contribution >= 0.6 is 0 Å². The Morgan fingerprint density at radius 1 is 1.50 bits per heavy atom. The minimum Gasteiger partial charge on any atom is -0.397 e. The molecule has 0 bridgehead atoms. The molecule has 5 heteroatoms. The first kappa shape index (κ1) is 12.3. The van der Waals surface area contributed by atoms with Crippen molar-refractivity contribution in [3.63, 3.8) is 0 Å². The number of hydrogen-bond acceptors (Lipinski definition) is 3. The molecule has 0 spiro atoms. The Kier molecular flexibility index (Phi) is 3.71. The standard InChI is InChI=1S/C11H16FN3O/c1-7(2)15(6-11(14)16)10-4-3-8(12)5-9(10)13/h3-5,7H,6,13H2,1-2H3,(H2,14,16). The quantitative estimate of drug-likeness (QED) is 0.754. The maximum absolute atomic E-state index is 12.9. The van der Waals surface area contributed by atoms with E-state index in [0.29, 0.717) is 11.4 Å². The van der Waals surface area contributed by atoms with E-state index in [0.717, 1.165) is 0 Å². The number of nitrogens with zero attached hydrogens (tertiary/aromatic N) is 1. The second-order valence-electron chi connectivity index (χ2n) is 3.89. The van der Waals surface area contributed by atoms with Gasteiger partial charge in [0.15, 0.2) is 0 Å². The largest absolute Gasteiger partial charge is 0.397 e. The highest BCUT2D eigenvalue weighted by Crippen LogP contribution is 2.25. The summed E-state index contributed by atoms with van der Waals surface area (Å²) in [6.07, 6.45) is 0. The number of amides is 1. The van der Waals surface area contributed by atoms with Crippen molar-refractivity contribution in [2.75, 3.05) is 17.2 Å². The number of rotatable bonds is 4. The monoisotopic (exact) mass is 225 g/mol. The Labute approximate surface area is 94.0 Å². The predicted octanol–water partition coefficient (Wildman–Crippen LogP) is 1.11. The predicted molar refractivity (Wildman–Crippen MR) is 62.5 cm³/mol. The molecule has 0 aliphatic heterocycles. The molecule has 1 aromatic carbocycles. The van der Waals surface area contributed by atoms with Gasteiger partial charge in [-0.25, -0.2) is 4.39 Å². The molecule has 1 rings (SSSR count). The molecular weight excluding hydrogens is 209 g/mol. The fourth-order valence-corrected chi connectivity index (χ4v) is 1.50. The van der Waals surface area contributed by atoms with Crippen molar-refractivity contribution in [2.45, 2.75) is 19.9 Å². The van der Waals surface area contributed by atoms with Crippen LogP contribution in [-0.2, 0) is 4.79 Å². The van der Waals surface area contributed by atoms with Crippen molar-refractivity contribution in [2.24, 2.45) is 5.73 Å². The van der Waals surface area contributed by atoms with Gasteiger partial charge in [-0.15, -0.1) is 0 Å². The van der Waals surface area contributed by atoms with E-state index in [2.05, 4.69) is 0 Å². The molecule has 88 valence electrons. The Balaban J connectivity index is 3.05. The van der Waals surface area contributed by atoms with E-state index in [9.17, 15) is 9.18 Å². The fourth-order valence-electron chi connectivity index (χ4n) is 1.50. The van der Waals surface area contributed by atoms with Gasteiger partial charge in [-0.2, -0.15) is 0 Å². The summed E-state index contributed by atoms with van der Waals surface area (Å²) in [5.41, 5.74) is 11.8. The lowest BCUT2D eigenvalue weighted by Crippen LogP contribution is -2.39. The van der Waals surface area contributed by atoms with Gasteiger partial charge in [0, 0.05) is 6.04 Å². The van der Waals surface area contributed by atoms with Crippen LogP contribution in [0, 0.1) is 5.82 Å². The summed E-state index contributed by atoms with van der Waals surface area (Å²) in [6, 6.07) is 4.14. The molecule has 1 aromatic rings. The molecule has 0 aromatic heterocycles. The Hall–Kier alpha value is -1.78. The van der Waals surface area contributed by atoms with E-state index in [1.165, 1.54) is 12.1 Å². The van der Waals surface area contributed by atoms with Crippen molar-refractivity contribution in [3.8, 4) is 0 Å². The van der Waals surface area contributed by atoms with Crippen LogP contribution in [0.2, 0.25) is 0 Å². The van der Waals surface area contributed by atoms with Crippen LogP contribution in [0.1, 0.15) is 13.8 Å². The number of benzene rings is 1. The molecule has 0 atom stereocenters. The van der Waals surface area contributed by atoms with Gasteiger partial charge in [0.05, 0.1) is 17.9 Å². The molecule has 16 heavy (non-hydrogen) atoms. The number of carbonyl (C=O) groups is 1. The molecule has 1 amide bonds. The second kappa shape index (κ2) is 4.83. The zero-order valence-electron chi connectivity index (χ0n) is 9.40. The molecule has 0 radical (unpaired) electrons. The number of carbonyl (C=O) groups excluding carboxylic acids is 1. The molecule has 0 saturated carbocycles. The van der Waals surface area contributed by atoms with Crippen molar-refractivity contribution in [1.82, 2.24) is 0 Å². The van der Waals surface area contributed by atoms with Gasteiger partial charge in [0.1, 0.15) is 5.82 Å². The minimum absolute atomic E-state index is 0.0558. The average molecular weight is 225 g/mol. The van der Waals surface area contributed by atoms with Crippen LogP contribution < -0.4 is 16.4 Å². The zero-order valence-corrected chi connectivity index (χ0v) is 9.40. The van der Waals surface area contributed by atoms with Crippen LogP contribution in [0.25, 0.3) is 0 Å². The van der Waals surface area contributed by atoms with Crippen LogP contribution in [0.4, 0.5) is 15.8 Å². The van der Waals surface area contributed by atoms with Crippen molar-refractivity contribution in [3.05, 3.63) is 24.0 Å². The lowest BCUT2D eigenvalue weighted by Gasteiger charge is -2.28. The molecule has 4 N–H and O–H groups in total. The normalized spacial score (nSPS) is 10.5. The molecule has 0 aliphatic carbocycles. The van der Waals surface area contributed by atoms with Gasteiger partial charge in [0.25, 0.3) is 0 Å². The van der Waals surface area contributed by atoms with Gasteiger partial charge < -0.3 is 16.4 Å². The first-order valence-corrected chi connectivity index (χ1v) is 5.01. The average Bonchev–Trinajstić information content (AvgIpc) is 2.14. The molecule has 0 unspecified atom stereocenters. The Morgan fingerprint density at radius 2 is 2.12 bits per heavy atom. The molecule has 0 aliphatic rings. The molecule has 0 saturated heterocycles. The summed E-state index contributed by atoms with van der Waals surface area (Å²) >= 11 is 0. The smallest absolute Gasteiger partial charge is 0.236 e. The number of primary amides is 1. The van der Waals surface area contributed by atoms with Gasteiger partial charge in [-0.1, -0.05) is 0 Å². The van der Waals surface area contributed by atoms with Crippen LogP contribution in [0.15, 0.2) is 18.2 Å².